The van der Waals surface area contributed by atoms with Crippen LogP contribution in [0.2, 0.25) is 0 Å². The normalized spacial score (nSPS) is 20.2. The van der Waals surface area contributed by atoms with Crippen LogP contribution in [0.3, 0.4) is 0 Å². The van der Waals surface area contributed by atoms with Crippen molar-refractivity contribution in [1.82, 2.24) is 9.97 Å². The first-order valence-corrected chi connectivity index (χ1v) is 11.2. The lowest BCUT2D eigenvalue weighted by atomic mass is 9.73. The van der Waals surface area contributed by atoms with Gasteiger partial charge in [0.25, 0.3) is 0 Å². The second kappa shape index (κ2) is 7.57. The molecule has 0 atom stereocenters. The van der Waals surface area contributed by atoms with Gasteiger partial charge in [0, 0.05) is 19.3 Å². The fourth-order valence-electron chi connectivity index (χ4n) is 4.80. The number of aryl methyl sites for hydroxylation is 1. The van der Waals surface area contributed by atoms with Crippen molar-refractivity contribution in [3.8, 4) is 5.75 Å². The van der Waals surface area contributed by atoms with Crippen LogP contribution in [0.5, 0.6) is 5.75 Å². The summed E-state index contributed by atoms with van der Waals surface area (Å²) in [5, 5.41) is 0. The lowest BCUT2D eigenvalue weighted by molar-refractivity contribution is -0.127. The van der Waals surface area contributed by atoms with Crippen LogP contribution >= 0.6 is 0 Å². The highest BCUT2D eigenvalue weighted by atomic mass is 16.5. The standard InChI is InChI=1S/C26H27N3O3/c1-19-2-4-20(5-3-19)26(17-31-18-26)21-6-8-23(9-7-21)32-12-22-10-11-27-24(28-22)29-13-25(14-29)15-30-16-25/h2-11H,12-18H2,1H3. The first-order valence-electron chi connectivity index (χ1n) is 11.2. The third-order valence-corrected chi connectivity index (χ3v) is 6.95. The molecule has 4 heterocycles. The molecular weight excluding hydrogens is 402 g/mol. The summed E-state index contributed by atoms with van der Waals surface area (Å²) in [7, 11) is 0. The summed E-state index contributed by atoms with van der Waals surface area (Å²) < 4.78 is 17.0. The minimum Gasteiger partial charge on any atom is -0.487 e. The van der Waals surface area contributed by atoms with Gasteiger partial charge >= 0.3 is 0 Å². The van der Waals surface area contributed by atoms with Crippen LogP contribution in [-0.4, -0.2) is 49.5 Å². The summed E-state index contributed by atoms with van der Waals surface area (Å²) in [6, 6.07) is 19.1. The van der Waals surface area contributed by atoms with Gasteiger partial charge in [-0.15, -0.1) is 0 Å². The highest BCUT2D eigenvalue weighted by Crippen LogP contribution is 2.40. The van der Waals surface area contributed by atoms with Crippen LogP contribution in [-0.2, 0) is 21.5 Å². The largest absolute Gasteiger partial charge is 0.487 e. The molecule has 1 spiro atoms. The maximum Gasteiger partial charge on any atom is 0.225 e. The second-order valence-corrected chi connectivity index (χ2v) is 9.45. The average Bonchev–Trinajstić information content (AvgIpc) is 2.72. The maximum absolute atomic E-state index is 6.03. The molecular formula is C26H27N3O3. The molecule has 3 fully saturated rings. The molecule has 3 aliphatic rings. The Labute approximate surface area is 188 Å². The molecule has 2 aromatic carbocycles. The third kappa shape index (κ3) is 3.34. The first kappa shape index (κ1) is 19.7. The van der Waals surface area contributed by atoms with Crippen molar-refractivity contribution in [3.05, 3.63) is 83.2 Å². The number of hydrogen-bond donors (Lipinski definition) is 0. The molecule has 0 saturated carbocycles. The summed E-state index contributed by atoms with van der Waals surface area (Å²) in [5.41, 5.74) is 5.00. The van der Waals surface area contributed by atoms with Gasteiger partial charge in [0.05, 0.1) is 43.0 Å². The number of nitrogens with zero attached hydrogens (tertiary/aromatic N) is 3. The summed E-state index contributed by atoms with van der Waals surface area (Å²) in [4.78, 5) is 11.3. The van der Waals surface area contributed by atoms with Gasteiger partial charge in [-0.3, -0.25) is 0 Å². The molecule has 0 N–H and O–H groups in total. The number of hydrogen-bond acceptors (Lipinski definition) is 6. The minimum atomic E-state index is -0.0617. The predicted molar refractivity (Wildman–Crippen MR) is 121 cm³/mol. The SMILES string of the molecule is Cc1ccc(C2(c3ccc(OCc4ccnc(N5CC6(COC6)C5)n4)cc3)COC2)cc1. The van der Waals surface area contributed by atoms with E-state index in [0.717, 1.165) is 43.7 Å². The van der Waals surface area contributed by atoms with Crippen molar-refractivity contribution in [1.29, 1.82) is 0 Å². The monoisotopic (exact) mass is 429 g/mol. The Morgan fingerprint density at radius 1 is 0.875 bits per heavy atom. The molecule has 6 rings (SSSR count). The van der Waals surface area contributed by atoms with Crippen LogP contribution in [0.1, 0.15) is 22.4 Å². The molecule has 0 aliphatic carbocycles. The minimum absolute atomic E-state index is 0.0617. The van der Waals surface area contributed by atoms with Crippen molar-refractivity contribution >= 4 is 5.95 Å². The Kier molecular flexibility index (Phi) is 4.66. The molecule has 164 valence electrons. The third-order valence-electron chi connectivity index (χ3n) is 6.95. The van der Waals surface area contributed by atoms with E-state index in [2.05, 4.69) is 53.2 Å². The highest BCUT2D eigenvalue weighted by Gasteiger charge is 2.49. The number of aromatic nitrogens is 2. The van der Waals surface area contributed by atoms with Crippen LogP contribution < -0.4 is 9.64 Å². The molecule has 3 aromatic rings. The van der Waals surface area contributed by atoms with Gasteiger partial charge in [-0.2, -0.15) is 0 Å². The van der Waals surface area contributed by atoms with E-state index in [1.807, 2.05) is 24.4 Å². The molecule has 32 heavy (non-hydrogen) atoms. The Bertz CT molecular complexity index is 1100. The lowest BCUT2D eigenvalue weighted by Gasteiger charge is -2.54. The number of rotatable bonds is 6. The quantitative estimate of drug-likeness (QED) is 0.598. The Balaban J connectivity index is 1.11. The van der Waals surface area contributed by atoms with E-state index < -0.39 is 0 Å². The van der Waals surface area contributed by atoms with Crippen LogP contribution in [0.15, 0.2) is 60.8 Å². The van der Waals surface area contributed by atoms with E-state index in [0.29, 0.717) is 25.2 Å². The number of ether oxygens (including phenoxy) is 3. The fourth-order valence-corrected chi connectivity index (χ4v) is 4.80. The summed E-state index contributed by atoms with van der Waals surface area (Å²) in [6.07, 6.45) is 1.81. The Morgan fingerprint density at radius 3 is 2.12 bits per heavy atom. The van der Waals surface area contributed by atoms with Gasteiger partial charge in [0.2, 0.25) is 5.95 Å². The van der Waals surface area contributed by atoms with Crippen molar-refractivity contribution in [2.75, 3.05) is 44.4 Å². The average molecular weight is 430 g/mol. The summed E-state index contributed by atoms with van der Waals surface area (Å²) in [5.74, 6) is 1.62. The number of anilines is 1. The molecule has 1 aromatic heterocycles. The zero-order valence-corrected chi connectivity index (χ0v) is 18.3. The molecule has 0 bridgehead atoms. The maximum atomic E-state index is 6.03. The molecule has 0 amide bonds. The van der Waals surface area contributed by atoms with Crippen molar-refractivity contribution in [2.24, 2.45) is 5.41 Å². The fraction of sp³-hybridized carbons (Fsp3) is 0.385. The van der Waals surface area contributed by atoms with Gasteiger partial charge in [0.15, 0.2) is 0 Å². The first-order chi connectivity index (χ1) is 15.6. The van der Waals surface area contributed by atoms with E-state index in [4.69, 9.17) is 19.2 Å². The van der Waals surface area contributed by atoms with E-state index in [1.165, 1.54) is 16.7 Å². The van der Waals surface area contributed by atoms with Crippen molar-refractivity contribution < 1.29 is 14.2 Å². The summed E-state index contributed by atoms with van der Waals surface area (Å²) in [6.45, 7) is 7.64. The Hall–Kier alpha value is -2.96. The second-order valence-electron chi connectivity index (χ2n) is 9.45. The topological polar surface area (TPSA) is 56.7 Å². The van der Waals surface area contributed by atoms with Crippen LogP contribution in [0, 0.1) is 12.3 Å². The molecule has 6 heteroatoms. The van der Waals surface area contributed by atoms with Gasteiger partial charge in [-0.25, -0.2) is 9.97 Å². The van der Waals surface area contributed by atoms with Gasteiger partial charge in [-0.05, 0) is 36.2 Å². The van der Waals surface area contributed by atoms with Crippen LogP contribution in [0.4, 0.5) is 5.95 Å². The van der Waals surface area contributed by atoms with E-state index in [1.54, 1.807) is 0 Å². The molecule has 3 aliphatic heterocycles. The van der Waals surface area contributed by atoms with E-state index >= 15 is 0 Å². The highest BCUT2D eigenvalue weighted by molar-refractivity contribution is 5.44. The zero-order valence-electron chi connectivity index (χ0n) is 18.3. The number of benzene rings is 2. The Morgan fingerprint density at radius 2 is 1.53 bits per heavy atom. The molecule has 0 radical (unpaired) electrons. The van der Waals surface area contributed by atoms with Gasteiger partial charge < -0.3 is 19.1 Å². The molecule has 0 unspecified atom stereocenters. The van der Waals surface area contributed by atoms with Crippen molar-refractivity contribution in [2.45, 2.75) is 18.9 Å². The van der Waals surface area contributed by atoms with Crippen LogP contribution in [0.25, 0.3) is 0 Å². The smallest absolute Gasteiger partial charge is 0.225 e. The summed E-state index contributed by atoms with van der Waals surface area (Å²) >= 11 is 0. The zero-order chi connectivity index (χ0) is 21.6. The predicted octanol–water partition coefficient (Wildman–Crippen LogP) is 3.52. The molecule has 3 saturated heterocycles. The van der Waals surface area contributed by atoms with Crippen molar-refractivity contribution in [3.63, 3.8) is 0 Å². The van der Waals surface area contributed by atoms with Gasteiger partial charge in [-0.1, -0.05) is 42.0 Å². The lowest BCUT2D eigenvalue weighted by Crippen LogP contribution is -2.66. The molecule has 6 nitrogen and oxygen atoms in total. The van der Waals surface area contributed by atoms with Gasteiger partial charge in [0.1, 0.15) is 12.4 Å². The van der Waals surface area contributed by atoms with E-state index in [9.17, 15) is 0 Å². The van der Waals surface area contributed by atoms with E-state index in [-0.39, 0.29) is 5.41 Å².